The second-order valence-corrected chi connectivity index (χ2v) is 7.42. The van der Waals surface area contributed by atoms with E-state index in [1.54, 1.807) is 13.0 Å². The highest BCUT2D eigenvalue weighted by molar-refractivity contribution is 9.10. The third-order valence-electron chi connectivity index (χ3n) is 4.24. The fourth-order valence-corrected chi connectivity index (χ4v) is 3.32. The molecule has 29 heavy (non-hydrogen) atoms. The number of carbonyl (C=O) groups is 1. The minimum Gasteiger partial charge on any atom is -0.569 e. The molecule has 1 aromatic carbocycles. The van der Waals surface area contributed by atoms with Crippen LogP contribution in [0.1, 0.15) is 24.5 Å². The van der Waals surface area contributed by atoms with Gasteiger partial charge in [0, 0.05) is 17.0 Å². The summed E-state index contributed by atoms with van der Waals surface area (Å²) in [5.41, 5.74) is 0.0371. The predicted octanol–water partition coefficient (Wildman–Crippen LogP) is 3.87. The first-order valence-corrected chi connectivity index (χ1v) is 9.40. The zero-order valence-corrected chi connectivity index (χ0v) is 17.0. The molecule has 12 heteroatoms. The zero-order valence-electron chi connectivity index (χ0n) is 15.4. The van der Waals surface area contributed by atoms with Gasteiger partial charge in [0.15, 0.2) is 0 Å². The lowest BCUT2D eigenvalue weighted by atomic mass is 9.99. The van der Waals surface area contributed by atoms with Gasteiger partial charge in [-0.25, -0.2) is 4.79 Å². The van der Waals surface area contributed by atoms with E-state index in [-0.39, 0.29) is 10.7 Å². The third kappa shape index (κ3) is 4.74. The van der Waals surface area contributed by atoms with Gasteiger partial charge < -0.3 is 14.7 Å². The van der Waals surface area contributed by atoms with E-state index in [1.165, 1.54) is 18.0 Å². The van der Waals surface area contributed by atoms with E-state index >= 15 is 0 Å². The van der Waals surface area contributed by atoms with Crippen LogP contribution in [-0.4, -0.2) is 47.6 Å². The first-order valence-electron chi connectivity index (χ1n) is 8.61. The van der Waals surface area contributed by atoms with Crippen molar-refractivity contribution >= 4 is 28.0 Å². The molecular weight excluding hydrogens is 463 g/mol. The minimum absolute atomic E-state index is 0.0305. The van der Waals surface area contributed by atoms with Gasteiger partial charge in [-0.2, -0.15) is 13.2 Å². The summed E-state index contributed by atoms with van der Waals surface area (Å²) >= 11 is 3.26. The summed E-state index contributed by atoms with van der Waals surface area (Å²) in [5.74, 6) is -1.26. The maximum Gasteiger partial charge on any atom is 0.430 e. The maximum atomic E-state index is 13.5. The SMILES string of the molecule is Cc1cc(Br)cc2c1O[C@H](C(F)(F)F)C(C(=O)OC(C)O/N=[N+](\[O-])N1CCC1)=C2. The molecule has 1 saturated heterocycles. The lowest BCUT2D eigenvalue weighted by Gasteiger charge is -2.29. The molecule has 3 rings (SSSR count). The number of carbonyl (C=O) groups excluding carboxylic acids is 1. The predicted molar refractivity (Wildman–Crippen MR) is 96.2 cm³/mol. The Labute approximate surface area is 172 Å². The molecule has 158 valence electrons. The van der Waals surface area contributed by atoms with E-state index in [0.717, 1.165) is 12.5 Å². The highest BCUT2D eigenvalue weighted by Gasteiger charge is 2.49. The summed E-state index contributed by atoms with van der Waals surface area (Å²) in [5, 5.41) is 16.1. The molecule has 2 atom stereocenters. The van der Waals surface area contributed by atoms with Crippen molar-refractivity contribution in [1.29, 1.82) is 0 Å². The van der Waals surface area contributed by atoms with Gasteiger partial charge in [-0.05, 0) is 37.1 Å². The summed E-state index contributed by atoms with van der Waals surface area (Å²) in [6, 6.07) is 3.13. The van der Waals surface area contributed by atoms with E-state index in [2.05, 4.69) is 21.2 Å². The van der Waals surface area contributed by atoms with Crippen molar-refractivity contribution in [3.8, 4) is 5.75 Å². The molecule has 0 radical (unpaired) electrons. The first-order chi connectivity index (χ1) is 13.6. The van der Waals surface area contributed by atoms with Crippen LogP contribution >= 0.6 is 15.9 Å². The van der Waals surface area contributed by atoms with Gasteiger partial charge in [-0.3, -0.25) is 4.84 Å². The minimum atomic E-state index is -4.85. The van der Waals surface area contributed by atoms with Crippen molar-refractivity contribution < 1.29 is 37.2 Å². The van der Waals surface area contributed by atoms with Crippen LogP contribution < -0.4 is 4.74 Å². The Morgan fingerprint density at radius 1 is 1.45 bits per heavy atom. The van der Waals surface area contributed by atoms with Gasteiger partial charge in [0.1, 0.15) is 5.75 Å². The van der Waals surface area contributed by atoms with Crippen LogP contribution in [0.4, 0.5) is 13.2 Å². The second kappa shape index (κ2) is 8.09. The summed E-state index contributed by atoms with van der Waals surface area (Å²) in [7, 11) is 0. The van der Waals surface area contributed by atoms with Crippen LogP contribution in [0.2, 0.25) is 0 Å². The summed E-state index contributed by atoms with van der Waals surface area (Å²) in [6.07, 6.45) is -6.83. The number of nitrogens with zero attached hydrogens (tertiary/aromatic N) is 3. The monoisotopic (exact) mass is 479 g/mol. The molecule has 2 aliphatic heterocycles. The highest BCUT2D eigenvalue weighted by atomic mass is 79.9. The Kier molecular flexibility index (Phi) is 5.92. The summed E-state index contributed by atoms with van der Waals surface area (Å²) < 4.78 is 51.1. The molecule has 8 nitrogen and oxygen atoms in total. The normalized spacial score (nSPS) is 20.1. The van der Waals surface area contributed by atoms with Crippen LogP contribution in [-0.2, 0) is 14.4 Å². The van der Waals surface area contributed by atoms with Crippen LogP contribution in [0.3, 0.4) is 0 Å². The first kappa shape index (κ1) is 21.2. The molecule has 0 bridgehead atoms. The van der Waals surface area contributed by atoms with Gasteiger partial charge in [0.2, 0.25) is 11.4 Å². The fourth-order valence-electron chi connectivity index (χ4n) is 2.73. The van der Waals surface area contributed by atoms with E-state index in [4.69, 9.17) is 14.3 Å². The average Bonchev–Trinajstić information content (AvgIpc) is 2.56. The molecule has 2 heterocycles. The number of esters is 1. The van der Waals surface area contributed by atoms with Crippen molar-refractivity contribution in [3.63, 3.8) is 0 Å². The van der Waals surface area contributed by atoms with E-state index < -0.39 is 30.1 Å². The highest BCUT2D eigenvalue weighted by Crippen LogP contribution is 2.40. The Morgan fingerprint density at radius 3 is 2.72 bits per heavy atom. The van der Waals surface area contributed by atoms with Gasteiger partial charge in [0.05, 0.1) is 23.6 Å². The van der Waals surface area contributed by atoms with Gasteiger partial charge in [0.25, 0.3) is 6.29 Å². The lowest BCUT2D eigenvalue weighted by molar-refractivity contribution is -0.724. The van der Waals surface area contributed by atoms with Crippen molar-refractivity contribution in [2.24, 2.45) is 5.28 Å². The fraction of sp³-hybridized carbons (Fsp3) is 0.471. The standard InChI is InChI=1S/C17H17BrF3N3O5/c1-9-6-12(18)7-11-8-13(15(17(19,20)21)28-14(9)11)16(25)27-10(2)29-22-24(26)23-4-3-5-23/h6-8,10,15H,3-5H2,1-2H3/b24-22-/t10?,15-/m0/s1. The summed E-state index contributed by atoms with van der Waals surface area (Å²) in [4.78, 5) is 17.3. The zero-order chi connectivity index (χ0) is 21.3. The number of aryl methyl sites for hydroxylation is 1. The molecule has 2 aliphatic rings. The van der Waals surface area contributed by atoms with Crippen molar-refractivity contribution in [1.82, 2.24) is 5.01 Å². The number of benzene rings is 1. The van der Waals surface area contributed by atoms with Crippen LogP contribution in [0.5, 0.6) is 5.75 Å². The number of hydrogen-bond donors (Lipinski definition) is 0. The van der Waals surface area contributed by atoms with Gasteiger partial charge in [-0.15, -0.1) is 5.01 Å². The lowest BCUT2D eigenvalue weighted by Crippen LogP contribution is -2.42. The molecule has 1 fully saturated rings. The summed E-state index contributed by atoms with van der Waals surface area (Å²) in [6.45, 7) is 3.85. The number of halogens is 4. The Bertz CT molecular complexity index is 871. The second-order valence-electron chi connectivity index (χ2n) is 6.50. The largest absolute Gasteiger partial charge is 0.569 e. The molecule has 0 aromatic heterocycles. The van der Waals surface area contributed by atoms with Gasteiger partial charge >= 0.3 is 12.1 Å². The van der Waals surface area contributed by atoms with Crippen LogP contribution in [0.15, 0.2) is 27.5 Å². The third-order valence-corrected chi connectivity index (χ3v) is 4.70. The number of fused-ring (bicyclic) bond motifs is 1. The van der Waals surface area contributed by atoms with Crippen LogP contribution in [0.25, 0.3) is 6.08 Å². The number of hydrogen-bond acceptors (Lipinski definition) is 6. The molecule has 0 saturated carbocycles. The topological polar surface area (TPSA) is 86.4 Å². The maximum absolute atomic E-state index is 13.5. The Hall–Kier alpha value is -2.50. The number of hydrazine groups is 1. The Balaban J connectivity index is 1.79. The van der Waals surface area contributed by atoms with Gasteiger partial charge in [-0.1, -0.05) is 15.9 Å². The van der Waals surface area contributed by atoms with Crippen molar-refractivity contribution in [3.05, 3.63) is 38.5 Å². The molecule has 0 amide bonds. The van der Waals surface area contributed by atoms with Crippen LogP contribution in [0, 0.1) is 12.1 Å². The average molecular weight is 480 g/mol. The number of alkyl halides is 3. The molecule has 1 aromatic rings. The molecule has 1 unspecified atom stereocenters. The molecule has 0 N–H and O–H groups in total. The number of rotatable bonds is 5. The molecule has 0 spiro atoms. The van der Waals surface area contributed by atoms with E-state index in [0.29, 0.717) is 28.7 Å². The van der Waals surface area contributed by atoms with Crippen molar-refractivity contribution in [2.45, 2.75) is 38.8 Å². The molecule has 0 aliphatic carbocycles. The quantitative estimate of drug-likeness (QED) is 0.209. The van der Waals surface area contributed by atoms with Crippen molar-refractivity contribution in [2.75, 3.05) is 13.1 Å². The van der Waals surface area contributed by atoms with E-state index in [9.17, 15) is 23.2 Å². The van der Waals surface area contributed by atoms with E-state index in [1.807, 2.05) is 0 Å². The molecular formula is C17H17BrF3N3O5. The number of ether oxygens (including phenoxy) is 2. The smallest absolute Gasteiger partial charge is 0.430 e. The Morgan fingerprint density at radius 2 is 2.14 bits per heavy atom.